The molecule has 0 amide bonds. The summed E-state index contributed by atoms with van der Waals surface area (Å²) >= 11 is 1.67. The fraction of sp³-hybridized carbons (Fsp3) is 0.176. The molecule has 6 nitrogen and oxygen atoms in total. The minimum absolute atomic E-state index is 0.722. The average molecular weight is 336 g/mol. The first kappa shape index (κ1) is 14.8. The molecule has 120 valence electrons. The molecule has 0 aliphatic carbocycles. The predicted octanol–water partition coefficient (Wildman–Crippen LogP) is 3.19. The van der Waals surface area contributed by atoms with E-state index in [0.717, 1.165) is 40.1 Å². The van der Waals surface area contributed by atoms with E-state index in [4.69, 9.17) is 5.10 Å². The first-order chi connectivity index (χ1) is 11.7. The molecule has 4 aromatic rings. The first-order valence-electron chi connectivity index (χ1n) is 7.61. The van der Waals surface area contributed by atoms with Gasteiger partial charge in [0.25, 0.3) is 0 Å². The van der Waals surface area contributed by atoms with E-state index in [1.165, 1.54) is 0 Å². The number of aryl methyl sites for hydroxylation is 1. The van der Waals surface area contributed by atoms with Crippen LogP contribution in [0.4, 0.5) is 5.82 Å². The van der Waals surface area contributed by atoms with E-state index >= 15 is 0 Å². The van der Waals surface area contributed by atoms with Crippen molar-refractivity contribution < 1.29 is 0 Å². The van der Waals surface area contributed by atoms with Gasteiger partial charge in [0.15, 0.2) is 11.5 Å². The number of thiazole rings is 1. The third-order valence-corrected chi connectivity index (χ3v) is 4.66. The van der Waals surface area contributed by atoms with Crippen LogP contribution in [-0.4, -0.2) is 31.8 Å². The van der Waals surface area contributed by atoms with Crippen molar-refractivity contribution in [3.63, 3.8) is 0 Å². The second-order valence-electron chi connectivity index (χ2n) is 5.59. The molecular formula is C17H16N6S. The van der Waals surface area contributed by atoms with E-state index in [-0.39, 0.29) is 0 Å². The molecule has 0 bridgehead atoms. The monoisotopic (exact) mass is 336 g/mol. The third kappa shape index (κ3) is 2.74. The summed E-state index contributed by atoms with van der Waals surface area (Å²) < 4.78 is 1.79. The van der Waals surface area contributed by atoms with Crippen molar-refractivity contribution in [1.29, 1.82) is 0 Å². The Morgan fingerprint density at radius 1 is 1.08 bits per heavy atom. The van der Waals surface area contributed by atoms with Crippen LogP contribution in [-0.2, 0) is 6.54 Å². The molecule has 0 spiro atoms. The normalized spacial score (nSPS) is 11.1. The van der Waals surface area contributed by atoms with Crippen molar-refractivity contribution in [3.8, 4) is 11.4 Å². The van der Waals surface area contributed by atoms with Crippen LogP contribution in [0.3, 0.4) is 0 Å². The standard InChI is InChI=1S/C17H16N6S/c1-12-11-24-16(18-12)10-22(2)15-9-8-14-19-20-17(23(14)21-15)13-6-4-3-5-7-13/h3-9,11H,10H2,1-2H3. The summed E-state index contributed by atoms with van der Waals surface area (Å²) in [5, 5.41) is 16.3. The Kier molecular flexibility index (Phi) is 3.70. The smallest absolute Gasteiger partial charge is 0.185 e. The van der Waals surface area contributed by atoms with Gasteiger partial charge in [-0.2, -0.15) is 4.52 Å². The lowest BCUT2D eigenvalue weighted by atomic mass is 10.2. The van der Waals surface area contributed by atoms with Gasteiger partial charge in [-0.3, -0.25) is 0 Å². The largest absolute Gasteiger partial charge is 0.351 e. The topological polar surface area (TPSA) is 59.2 Å². The molecule has 0 fully saturated rings. The van der Waals surface area contributed by atoms with E-state index < -0.39 is 0 Å². The minimum Gasteiger partial charge on any atom is -0.351 e. The van der Waals surface area contributed by atoms with E-state index in [9.17, 15) is 0 Å². The fourth-order valence-electron chi connectivity index (χ4n) is 2.51. The van der Waals surface area contributed by atoms with Crippen LogP contribution in [0.5, 0.6) is 0 Å². The minimum atomic E-state index is 0.722. The molecule has 0 unspecified atom stereocenters. The van der Waals surface area contributed by atoms with E-state index in [1.54, 1.807) is 15.9 Å². The van der Waals surface area contributed by atoms with Crippen molar-refractivity contribution in [2.75, 3.05) is 11.9 Å². The molecule has 4 rings (SSSR count). The van der Waals surface area contributed by atoms with Crippen LogP contribution in [0.25, 0.3) is 17.0 Å². The number of rotatable bonds is 4. The van der Waals surface area contributed by atoms with Crippen LogP contribution in [0, 0.1) is 6.92 Å². The van der Waals surface area contributed by atoms with Gasteiger partial charge in [0.2, 0.25) is 0 Å². The highest BCUT2D eigenvalue weighted by atomic mass is 32.1. The van der Waals surface area contributed by atoms with Crippen LogP contribution < -0.4 is 4.90 Å². The molecule has 1 aromatic carbocycles. The summed E-state index contributed by atoms with van der Waals surface area (Å²) in [5.41, 5.74) is 2.78. The van der Waals surface area contributed by atoms with Gasteiger partial charge in [0.1, 0.15) is 10.8 Å². The second-order valence-corrected chi connectivity index (χ2v) is 6.53. The molecule has 24 heavy (non-hydrogen) atoms. The Morgan fingerprint density at radius 3 is 2.67 bits per heavy atom. The summed E-state index contributed by atoms with van der Waals surface area (Å²) in [5.74, 6) is 1.60. The van der Waals surface area contributed by atoms with Gasteiger partial charge < -0.3 is 4.90 Å². The maximum Gasteiger partial charge on any atom is 0.185 e. The molecule has 3 aromatic heterocycles. The summed E-state index contributed by atoms with van der Waals surface area (Å²) in [6.45, 7) is 2.73. The summed E-state index contributed by atoms with van der Waals surface area (Å²) in [6.07, 6.45) is 0. The van der Waals surface area contributed by atoms with E-state index in [1.807, 2.05) is 56.4 Å². The van der Waals surface area contributed by atoms with Gasteiger partial charge in [-0.15, -0.1) is 26.6 Å². The number of anilines is 1. The summed E-state index contributed by atoms with van der Waals surface area (Å²) in [4.78, 5) is 6.59. The Morgan fingerprint density at radius 2 is 1.92 bits per heavy atom. The zero-order valence-corrected chi connectivity index (χ0v) is 14.2. The van der Waals surface area contributed by atoms with Gasteiger partial charge >= 0.3 is 0 Å². The number of benzene rings is 1. The van der Waals surface area contributed by atoms with Crippen LogP contribution in [0.2, 0.25) is 0 Å². The SMILES string of the molecule is Cc1csc(CN(C)c2ccc3nnc(-c4ccccc4)n3n2)n1. The van der Waals surface area contributed by atoms with Gasteiger partial charge in [0, 0.05) is 23.7 Å². The van der Waals surface area contributed by atoms with Crippen molar-refractivity contribution in [2.24, 2.45) is 0 Å². The molecular weight excluding hydrogens is 320 g/mol. The number of hydrogen-bond donors (Lipinski definition) is 0. The van der Waals surface area contributed by atoms with Crippen LogP contribution in [0.15, 0.2) is 47.8 Å². The lowest BCUT2D eigenvalue weighted by Gasteiger charge is -2.16. The Hall–Kier alpha value is -2.80. The van der Waals surface area contributed by atoms with Gasteiger partial charge in [0.05, 0.1) is 6.54 Å². The Balaban J connectivity index is 1.69. The number of hydrogen-bond acceptors (Lipinski definition) is 6. The Labute approximate surface area is 143 Å². The molecule has 0 aliphatic rings. The molecule has 0 saturated heterocycles. The highest BCUT2D eigenvalue weighted by Crippen LogP contribution is 2.20. The maximum absolute atomic E-state index is 4.71. The molecule has 0 N–H and O–H groups in total. The quantitative estimate of drug-likeness (QED) is 0.573. The molecule has 0 aliphatic heterocycles. The van der Waals surface area contributed by atoms with Crippen LogP contribution >= 0.6 is 11.3 Å². The van der Waals surface area contributed by atoms with Gasteiger partial charge in [-0.25, -0.2) is 4.98 Å². The number of aromatic nitrogens is 5. The molecule has 0 saturated carbocycles. The first-order valence-corrected chi connectivity index (χ1v) is 8.49. The average Bonchev–Trinajstić information content (AvgIpc) is 3.21. The maximum atomic E-state index is 4.71. The zero-order valence-electron chi connectivity index (χ0n) is 13.4. The van der Waals surface area contributed by atoms with Crippen molar-refractivity contribution in [2.45, 2.75) is 13.5 Å². The highest BCUT2D eigenvalue weighted by Gasteiger charge is 2.12. The summed E-state index contributed by atoms with van der Waals surface area (Å²) in [7, 11) is 2.01. The van der Waals surface area contributed by atoms with E-state index in [2.05, 4.69) is 25.5 Å². The third-order valence-electron chi connectivity index (χ3n) is 3.71. The van der Waals surface area contributed by atoms with Crippen molar-refractivity contribution in [1.82, 2.24) is 24.8 Å². The summed E-state index contributed by atoms with van der Waals surface area (Å²) in [6, 6.07) is 13.9. The Bertz CT molecular complexity index is 975. The molecule has 3 heterocycles. The molecule has 7 heteroatoms. The fourth-order valence-corrected chi connectivity index (χ4v) is 3.33. The van der Waals surface area contributed by atoms with Gasteiger partial charge in [-0.05, 0) is 19.1 Å². The highest BCUT2D eigenvalue weighted by molar-refractivity contribution is 7.09. The number of fused-ring (bicyclic) bond motifs is 1. The number of nitrogens with zero attached hydrogens (tertiary/aromatic N) is 6. The van der Waals surface area contributed by atoms with Crippen molar-refractivity contribution in [3.05, 3.63) is 58.5 Å². The molecule has 0 atom stereocenters. The molecule has 0 radical (unpaired) electrons. The predicted molar refractivity (Wildman–Crippen MR) is 95.2 cm³/mol. The lowest BCUT2D eigenvalue weighted by molar-refractivity contribution is 0.835. The van der Waals surface area contributed by atoms with Crippen LogP contribution in [0.1, 0.15) is 10.7 Å². The van der Waals surface area contributed by atoms with Crippen molar-refractivity contribution >= 4 is 22.8 Å². The lowest BCUT2D eigenvalue weighted by Crippen LogP contribution is -2.18. The van der Waals surface area contributed by atoms with E-state index in [0.29, 0.717) is 0 Å². The van der Waals surface area contributed by atoms with Gasteiger partial charge in [-0.1, -0.05) is 30.3 Å². The second kappa shape index (κ2) is 6.01. The zero-order chi connectivity index (χ0) is 16.5.